The van der Waals surface area contributed by atoms with Crippen LogP contribution in [0.3, 0.4) is 0 Å². The van der Waals surface area contributed by atoms with Crippen LogP contribution in [-0.2, 0) is 4.79 Å². The minimum absolute atomic E-state index is 0.0533. The number of phenols is 1. The number of halogens is 1. The molecule has 7 heteroatoms. The number of benzene rings is 2. The van der Waals surface area contributed by atoms with Gasteiger partial charge in [0.25, 0.3) is 11.8 Å². The van der Waals surface area contributed by atoms with Gasteiger partial charge in [0.1, 0.15) is 5.75 Å². The summed E-state index contributed by atoms with van der Waals surface area (Å²) in [5.41, 5.74) is 3.01. The van der Waals surface area contributed by atoms with Crippen LogP contribution >= 0.6 is 11.6 Å². The lowest BCUT2D eigenvalue weighted by Crippen LogP contribution is -2.35. The van der Waals surface area contributed by atoms with Crippen molar-refractivity contribution in [2.24, 2.45) is 5.10 Å². The summed E-state index contributed by atoms with van der Waals surface area (Å²) in [5.74, 6) is -0.898. The largest absolute Gasteiger partial charge is 0.507 e. The van der Waals surface area contributed by atoms with Gasteiger partial charge < -0.3 is 10.4 Å². The maximum absolute atomic E-state index is 11.9. The van der Waals surface area contributed by atoms with E-state index in [2.05, 4.69) is 15.8 Å². The van der Waals surface area contributed by atoms with Crippen molar-refractivity contribution in [1.82, 2.24) is 10.7 Å². The molecule has 0 aliphatic rings. The Balaban J connectivity index is 1.83. The van der Waals surface area contributed by atoms with E-state index >= 15 is 0 Å². The van der Waals surface area contributed by atoms with Gasteiger partial charge in [-0.1, -0.05) is 35.9 Å². The number of carbonyl (C=O) groups excluding carboxylic acids is 2. The zero-order valence-electron chi connectivity index (χ0n) is 12.0. The predicted molar refractivity (Wildman–Crippen MR) is 87.6 cm³/mol. The van der Waals surface area contributed by atoms with Crippen LogP contribution in [-0.4, -0.2) is 29.7 Å². The van der Waals surface area contributed by atoms with Crippen LogP contribution in [0, 0.1) is 0 Å². The van der Waals surface area contributed by atoms with Crippen LogP contribution in [0.2, 0.25) is 5.02 Å². The molecule has 0 radical (unpaired) electrons. The molecular formula is C16H14ClN3O3. The average molecular weight is 332 g/mol. The molecule has 2 aromatic rings. The van der Waals surface area contributed by atoms with E-state index in [1.165, 1.54) is 12.3 Å². The summed E-state index contributed by atoms with van der Waals surface area (Å²) < 4.78 is 0. The number of phenolic OH excluding ortho intramolecular Hbond substituents is 1. The molecule has 23 heavy (non-hydrogen) atoms. The molecule has 0 saturated carbocycles. The number of carbonyl (C=O) groups is 2. The highest BCUT2D eigenvalue weighted by Gasteiger charge is 2.10. The molecule has 0 unspecified atom stereocenters. The number of para-hydroxylation sites is 1. The molecule has 0 heterocycles. The van der Waals surface area contributed by atoms with E-state index in [0.29, 0.717) is 16.1 Å². The third-order valence-corrected chi connectivity index (χ3v) is 3.19. The Morgan fingerprint density at radius 3 is 2.57 bits per heavy atom. The zero-order chi connectivity index (χ0) is 16.7. The van der Waals surface area contributed by atoms with Crippen molar-refractivity contribution in [3.05, 3.63) is 64.7 Å². The summed E-state index contributed by atoms with van der Waals surface area (Å²) in [6.45, 7) is -0.248. The Morgan fingerprint density at radius 1 is 1.13 bits per heavy atom. The fourth-order valence-electron chi connectivity index (χ4n) is 1.71. The van der Waals surface area contributed by atoms with E-state index in [-0.39, 0.29) is 12.3 Å². The smallest absolute Gasteiger partial charge is 0.259 e. The molecule has 3 N–H and O–H groups in total. The van der Waals surface area contributed by atoms with Crippen LogP contribution in [0.15, 0.2) is 53.6 Å². The lowest BCUT2D eigenvalue weighted by atomic mass is 10.2. The van der Waals surface area contributed by atoms with Gasteiger partial charge in [0.15, 0.2) is 0 Å². The molecule has 118 valence electrons. The molecule has 0 aromatic heterocycles. The van der Waals surface area contributed by atoms with Crippen molar-refractivity contribution in [2.45, 2.75) is 0 Å². The Bertz CT molecular complexity index is 747. The number of hydrogen-bond donors (Lipinski definition) is 3. The molecule has 0 spiro atoms. The van der Waals surface area contributed by atoms with Gasteiger partial charge in [0.2, 0.25) is 0 Å². The van der Waals surface area contributed by atoms with Crippen LogP contribution in [0.4, 0.5) is 0 Å². The lowest BCUT2D eigenvalue weighted by molar-refractivity contribution is -0.120. The van der Waals surface area contributed by atoms with Crippen LogP contribution < -0.4 is 10.7 Å². The first kappa shape index (κ1) is 16.5. The van der Waals surface area contributed by atoms with Gasteiger partial charge in [-0.25, -0.2) is 5.43 Å². The Morgan fingerprint density at radius 2 is 1.83 bits per heavy atom. The number of amides is 2. The highest BCUT2D eigenvalue weighted by Crippen LogP contribution is 2.14. The average Bonchev–Trinajstić information content (AvgIpc) is 2.55. The summed E-state index contributed by atoms with van der Waals surface area (Å²) in [7, 11) is 0. The molecule has 0 aliphatic carbocycles. The summed E-state index contributed by atoms with van der Waals surface area (Å²) in [6, 6.07) is 13.1. The maximum Gasteiger partial charge on any atom is 0.259 e. The van der Waals surface area contributed by atoms with E-state index in [9.17, 15) is 14.7 Å². The van der Waals surface area contributed by atoms with Crippen molar-refractivity contribution in [3.63, 3.8) is 0 Å². The Labute approximate surface area is 137 Å². The van der Waals surface area contributed by atoms with Crippen LogP contribution in [0.25, 0.3) is 0 Å². The first-order valence-corrected chi connectivity index (χ1v) is 7.08. The Hall–Kier alpha value is -2.86. The van der Waals surface area contributed by atoms with Gasteiger partial charge in [0, 0.05) is 5.56 Å². The normalized spacial score (nSPS) is 10.5. The SMILES string of the molecule is O=C(CNC(=O)c1ccccc1Cl)N/N=C/c1ccccc1O. The quantitative estimate of drug-likeness (QED) is 0.577. The number of nitrogens with zero attached hydrogens (tertiary/aromatic N) is 1. The molecule has 6 nitrogen and oxygen atoms in total. The van der Waals surface area contributed by atoms with E-state index in [4.69, 9.17) is 11.6 Å². The molecule has 0 bridgehead atoms. The van der Waals surface area contributed by atoms with Crippen molar-refractivity contribution in [2.75, 3.05) is 6.54 Å². The van der Waals surface area contributed by atoms with Crippen molar-refractivity contribution in [1.29, 1.82) is 0 Å². The minimum Gasteiger partial charge on any atom is -0.507 e. The highest BCUT2D eigenvalue weighted by molar-refractivity contribution is 6.33. The fourth-order valence-corrected chi connectivity index (χ4v) is 1.93. The van der Waals surface area contributed by atoms with Gasteiger partial charge in [-0.3, -0.25) is 9.59 Å². The van der Waals surface area contributed by atoms with Crippen LogP contribution in [0.1, 0.15) is 15.9 Å². The monoisotopic (exact) mass is 331 g/mol. The number of hydrazone groups is 1. The molecular weight excluding hydrogens is 318 g/mol. The van der Waals surface area contributed by atoms with E-state index in [1.54, 1.807) is 42.5 Å². The van der Waals surface area contributed by atoms with Crippen LogP contribution in [0.5, 0.6) is 5.75 Å². The third-order valence-electron chi connectivity index (χ3n) is 2.86. The topological polar surface area (TPSA) is 90.8 Å². The van der Waals surface area contributed by atoms with Gasteiger partial charge in [0.05, 0.1) is 23.3 Å². The maximum atomic E-state index is 11.9. The number of aromatic hydroxyl groups is 1. The first-order chi connectivity index (χ1) is 11.1. The summed E-state index contributed by atoms with van der Waals surface area (Å²) in [5, 5.41) is 16.0. The number of hydrogen-bond acceptors (Lipinski definition) is 4. The summed E-state index contributed by atoms with van der Waals surface area (Å²) in [6.07, 6.45) is 1.31. The van der Waals surface area contributed by atoms with E-state index in [1.807, 2.05) is 0 Å². The standard InChI is InChI=1S/C16H14ClN3O3/c17-13-7-3-2-6-12(13)16(23)18-10-15(22)20-19-9-11-5-1-4-8-14(11)21/h1-9,21H,10H2,(H,18,23)(H,20,22)/b19-9+. The molecule has 2 rings (SSSR count). The number of rotatable bonds is 5. The fraction of sp³-hybridized carbons (Fsp3) is 0.0625. The van der Waals surface area contributed by atoms with Gasteiger partial charge in [-0.15, -0.1) is 0 Å². The molecule has 0 aliphatic heterocycles. The summed E-state index contributed by atoms with van der Waals surface area (Å²) >= 11 is 5.89. The van der Waals surface area contributed by atoms with E-state index < -0.39 is 11.8 Å². The zero-order valence-corrected chi connectivity index (χ0v) is 12.7. The van der Waals surface area contributed by atoms with Gasteiger partial charge in [-0.05, 0) is 24.3 Å². The molecule has 0 atom stereocenters. The van der Waals surface area contributed by atoms with E-state index in [0.717, 1.165) is 0 Å². The van der Waals surface area contributed by atoms with Crippen molar-refractivity contribution < 1.29 is 14.7 Å². The minimum atomic E-state index is -0.503. The van der Waals surface area contributed by atoms with Crippen molar-refractivity contribution in [3.8, 4) is 5.75 Å². The number of nitrogens with one attached hydrogen (secondary N) is 2. The van der Waals surface area contributed by atoms with Crippen molar-refractivity contribution >= 4 is 29.6 Å². The molecule has 2 amide bonds. The molecule has 0 fully saturated rings. The molecule has 0 saturated heterocycles. The third kappa shape index (κ3) is 4.82. The second-order valence-corrected chi connectivity index (χ2v) is 4.92. The molecule has 2 aromatic carbocycles. The second-order valence-electron chi connectivity index (χ2n) is 4.51. The van der Waals surface area contributed by atoms with Gasteiger partial charge >= 0.3 is 0 Å². The first-order valence-electron chi connectivity index (χ1n) is 6.70. The predicted octanol–water partition coefficient (Wildman–Crippen LogP) is 1.93. The summed E-state index contributed by atoms with van der Waals surface area (Å²) in [4.78, 5) is 23.5. The second kappa shape index (κ2) is 7.95. The highest BCUT2D eigenvalue weighted by atomic mass is 35.5. The Kier molecular flexibility index (Phi) is 5.71. The van der Waals surface area contributed by atoms with Gasteiger partial charge in [-0.2, -0.15) is 5.10 Å². The lowest BCUT2D eigenvalue weighted by Gasteiger charge is -2.05.